The lowest BCUT2D eigenvalue weighted by molar-refractivity contribution is -0.135. The molecule has 10 heteroatoms. The minimum atomic E-state index is -4.78. The average Bonchev–Trinajstić information content (AvgIpc) is 2.53. The molecule has 1 aromatic carbocycles. The van der Waals surface area contributed by atoms with Crippen molar-refractivity contribution < 1.29 is 35.6 Å². The van der Waals surface area contributed by atoms with Gasteiger partial charge in [0.1, 0.15) is 21.9 Å². The monoisotopic (exact) mass is 431 g/mol. The summed E-state index contributed by atoms with van der Waals surface area (Å²) < 4.78 is 95.7. The Morgan fingerprint density at radius 1 is 0.964 bits per heavy atom. The highest BCUT2D eigenvalue weighted by atomic mass is 32.2. The number of unbranched alkanes of at least 4 members (excludes halogenated alkanes) is 2. The molecule has 0 amide bonds. The zero-order chi connectivity index (χ0) is 21.6. The van der Waals surface area contributed by atoms with Crippen molar-refractivity contribution in [2.24, 2.45) is 4.40 Å². The summed E-state index contributed by atoms with van der Waals surface area (Å²) in [7, 11) is 0. The van der Waals surface area contributed by atoms with E-state index in [0.29, 0.717) is 12.8 Å². The first-order valence-electron chi connectivity index (χ1n) is 8.58. The van der Waals surface area contributed by atoms with Crippen LogP contribution in [-0.4, -0.2) is 34.0 Å². The van der Waals surface area contributed by atoms with Gasteiger partial charge in [-0.25, -0.2) is 0 Å². The molecule has 3 nitrogen and oxygen atoms in total. The highest BCUT2D eigenvalue weighted by molar-refractivity contribution is 7.91. The number of nitrogens with zero attached hydrogens (tertiary/aromatic N) is 1. The van der Waals surface area contributed by atoms with E-state index in [-0.39, 0.29) is 24.3 Å². The molecule has 160 valence electrons. The predicted octanol–water partition coefficient (Wildman–Crippen LogP) is 6.00. The molecule has 0 aliphatic rings. The zero-order valence-corrected chi connectivity index (χ0v) is 16.6. The minimum Gasteiger partial charge on any atom is -0.591 e. The van der Waals surface area contributed by atoms with E-state index in [1.807, 2.05) is 0 Å². The molecule has 0 aromatic heterocycles. The van der Waals surface area contributed by atoms with Crippen molar-refractivity contribution in [2.45, 2.75) is 63.6 Å². The van der Waals surface area contributed by atoms with Crippen LogP contribution in [0.4, 0.5) is 26.3 Å². The summed E-state index contributed by atoms with van der Waals surface area (Å²) in [6.07, 6.45) is -9.06. The van der Waals surface area contributed by atoms with Gasteiger partial charge in [0, 0.05) is 12.0 Å². The third-order valence-corrected chi connectivity index (χ3v) is 4.86. The van der Waals surface area contributed by atoms with Crippen LogP contribution in [-0.2, 0) is 11.4 Å². The van der Waals surface area contributed by atoms with Gasteiger partial charge in [-0.05, 0) is 64.3 Å². The topological polar surface area (TPSA) is 44.7 Å². The maximum absolute atomic E-state index is 13.3. The van der Waals surface area contributed by atoms with Crippen molar-refractivity contribution in [1.82, 2.24) is 0 Å². The maximum atomic E-state index is 13.3. The third kappa shape index (κ3) is 9.18. The Labute approximate surface area is 163 Å². The van der Waals surface area contributed by atoms with Crippen molar-refractivity contribution in [3.63, 3.8) is 0 Å². The number of rotatable bonds is 8. The molecule has 0 saturated heterocycles. The minimum absolute atomic E-state index is 0.00210. The van der Waals surface area contributed by atoms with Crippen LogP contribution >= 0.6 is 0 Å². The van der Waals surface area contributed by atoms with Crippen LogP contribution in [0.3, 0.4) is 0 Å². The molecule has 0 fully saturated rings. The second-order valence-corrected chi connectivity index (χ2v) is 9.00. The molecule has 1 rings (SSSR count). The SMILES string of the molecule is CC(C)(C)[S+]([O-])N=C(c1ccc(OCCCCCC(F)(F)F)cc1)C(F)(F)F. The van der Waals surface area contributed by atoms with Gasteiger partial charge in [-0.1, -0.05) is 4.40 Å². The van der Waals surface area contributed by atoms with Crippen molar-refractivity contribution in [2.75, 3.05) is 6.61 Å². The van der Waals surface area contributed by atoms with Crippen molar-refractivity contribution >= 4 is 17.1 Å². The molecule has 0 bridgehead atoms. The van der Waals surface area contributed by atoms with E-state index in [1.165, 1.54) is 32.9 Å². The van der Waals surface area contributed by atoms with Crippen LogP contribution in [0.1, 0.15) is 52.0 Å². The fourth-order valence-corrected chi connectivity index (χ4v) is 2.64. The van der Waals surface area contributed by atoms with Crippen molar-refractivity contribution in [3.8, 4) is 5.75 Å². The Balaban J connectivity index is 2.69. The third-order valence-electron chi connectivity index (χ3n) is 3.47. The summed E-state index contributed by atoms with van der Waals surface area (Å²) in [6, 6.07) is 4.94. The van der Waals surface area contributed by atoms with Crippen LogP contribution in [0.5, 0.6) is 5.75 Å². The molecular weight excluding hydrogens is 408 g/mol. The van der Waals surface area contributed by atoms with E-state index in [2.05, 4.69) is 4.40 Å². The molecule has 0 spiro atoms. The summed E-state index contributed by atoms with van der Waals surface area (Å²) in [5, 5.41) is 0. The summed E-state index contributed by atoms with van der Waals surface area (Å²) >= 11 is -2.08. The first-order valence-corrected chi connectivity index (χ1v) is 9.69. The smallest absolute Gasteiger partial charge is 0.438 e. The van der Waals surface area contributed by atoms with Crippen LogP contribution in [0.25, 0.3) is 0 Å². The van der Waals surface area contributed by atoms with Gasteiger partial charge in [-0.3, -0.25) is 0 Å². The molecule has 1 atom stereocenters. The Kier molecular flexibility index (Phi) is 8.67. The van der Waals surface area contributed by atoms with Crippen LogP contribution in [0, 0.1) is 0 Å². The number of ether oxygens (including phenoxy) is 1. The van der Waals surface area contributed by atoms with Crippen molar-refractivity contribution in [1.29, 1.82) is 0 Å². The normalized spacial score (nSPS) is 14.9. The Hall–Kier alpha value is -1.42. The van der Waals surface area contributed by atoms with Crippen LogP contribution in [0.15, 0.2) is 28.7 Å². The number of halogens is 6. The van der Waals surface area contributed by atoms with E-state index in [4.69, 9.17) is 4.74 Å². The molecule has 0 saturated carbocycles. The summed E-state index contributed by atoms with van der Waals surface area (Å²) in [4.78, 5) is 0. The molecular formula is C18H23F6NO2S. The first kappa shape index (κ1) is 24.6. The number of benzene rings is 1. The number of hydrogen-bond acceptors (Lipinski definition) is 3. The van der Waals surface area contributed by atoms with Gasteiger partial charge >= 0.3 is 12.4 Å². The van der Waals surface area contributed by atoms with Gasteiger partial charge in [0.15, 0.2) is 0 Å². The van der Waals surface area contributed by atoms with E-state index >= 15 is 0 Å². The number of hydrogen-bond donors (Lipinski definition) is 0. The first-order chi connectivity index (χ1) is 12.7. The number of alkyl halides is 6. The molecule has 0 aliphatic carbocycles. The average molecular weight is 431 g/mol. The second kappa shape index (κ2) is 9.87. The summed E-state index contributed by atoms with van der Waals surface area (Å²) in [6.45, 7) is 4.72. The lowest BCUT2D eigenvalue weighted by Crippen LogP contribution is -2.31. The molecule has 0 heterocycles. The Morgan fingerprint density at radius 3 is 2.00 bits per heavy atom. The van der Waals surface area contributed by atoms with Crippen LogP contribution in [0.2, 0.25) is 0 Å². The van der Waals surface area contributed by atoms with Crippen LogP contribution < -0.4 is 4.74 Å². The zero-order valence-electron chi connectivity index (χ0n) is 15.8. The fraction of sp³-hybridized carbons (Fsp3) is 0.611. The largest absolute Gasteiger partial charge is 0.591 e. The van der Waals surface area contributed by atoms with E-state index in [1.54, 1.807) is 0 Å². The van der Waals surface area contributed by atoms with Gasteiger partial charge in [-0.2, -0.15) is 26.3 Å². The molecule has 1 aromatic rings. The maximum Gasteiger partial charge on any atom is 0.438 e. The molecule has 0 radical (unpaired) electrons. The van der Waals surface area contributed by atoms with E-state index in [0.717, 1.165) is 12.1 Å². The lowest BCUT2D eigenvalue weighted by Gasteiger charge is -2.20. The van der Waals surface area contributed by atoms with Gasteiger partial charge < -0.3 is 9.29 Å². The van der Waals surface area contributed by atoms with E-state index < -0.39 is 40.6 Å². The highest BCUT2D eigenvalue weighted by Crippen LogP contribution is 2.28. The second-order valence-electron chi connectivity index (χ2n) is 7.10. The Bertz CT molecular complexity index is 635. The predicted molar refractivity (Wildman–Crippen MR) is 96.9 cm³/mol. The fourth-order valence-electron chi connectivity index (χ4n) is 1.99. The van der Waals surface area contributed by atoms with E-state index in [9.17, 15) is 30.9 Å². The summed E-state index contributed by atoms with van der Waals surface area (Å²) in [5.41, 5.74) is -1.48. The summed E-state index contributed by atoms with van der Waals surface area (Å²) in [5.74, 6) is 0.290. The van der Waals surface area contributed by atoms with Gasteiger partial charge in [0.25, 0.3) is 0 Å². The molecule has 0 N–H and O–H groups in total. The highest BCUT2D eigenvalue weighted by Gasteiger charge is 2.41. The van der Waals surface area contributed by atoms with Gasteiger partial charge in [0.2, 0.25) is 5.71 Å². The van der Waals surface area contributed by atoms with Crippen molar-refractivity contribution in [3.05, 3.63) is 29.8 Å². The quantitative estimate of drug-likeness (QED) is 0.219. The van der Waals surface area contributed by atoms with Gasteiger partial charge in [0.05, 0.1) is 6.61 Å². The van der Waals surface area contributed by atoms with Gasteiger partial charge in [-0.15, -0.1) is 0 Å². The standard InChI is InChI=1S/C18H23F6NO2S/c1-16(2,3)28(26)25-15(18(22,23)24)13-7-9-14(10-8-13)27-12-6-4-5-11-17(19,20)21/h7-10H,4-6,11-12H2,1-3H3. The Morgan fingerprint density at radius 2 is 1.54 bits per heavy atom. The molecule has 1 unspecified atom stereocenters. The molecule has 0 aliphatic heterocycles. The molecule has 28 heavy (non-hydrogen) atoms. The lowest BCUT2D eigenvalue weighted by atomic mass is 10.1.